The fourth-order valence-corrected chi connectivity index (χ4v) is 2.35. The Bertz CT molecular complexity index is 805. The van der Waals surface area contributed by atoms with Gasteiger partial charge in [0.25, 0.3) is 0 Å². The number of hydrogen-bond acceptors (Lipinski definition) is 2. The van der Waals surface area contributed by atoms with Gasteiger partial charge < -0.3 is 0 Å². The van der Waals surface area contributed by atoms with Crippen molar-refractivity contribution in [2.45, 2.75) is 13.8 Å². The summed E-state index contributed by atoms with van der Waals surface area (Å²) in [4.78, 5) is 8.75. The molecule has 2 heteroatoms. The Kier molecular flexibility index (Phi) is 4.10. The van der Waals surface area contributed by atoms with Crippen LogP contribution in [0.3, 0.4) is 0 Å². The van der Waals surface area contributed by atoms with Gasteiger partial charge in [-0.2, -0.15) is 0 Å². The molecule has 0 aliphatic carbocycles. The molecule has 22 heavy (non-hydrogen) atoms. The average molecular weight is 286 g/mol. The van der Waals surface area contributed by atoms with E-state index >= 15 is 0 Å². The van der Waals surface area contributed by atoms with Crippen LogP contribution in [0.15, 0.2) is 60.9 Å². The van der Waals surface area contributed by atoms with Gasteiger partial charge in [0.05, 0.1) is 11.4 Å². The second kappa shape index (κ2) is 6.35. The first-order chi connectivity index (χ1) is 10.7. The maximum absolute atomic E-state index is 4.40. The molecule has 0 amide bonds. The smallest absolute Gasteiger partial charge is 0.0892 e. The van der Waals surface area contributed by atoms with Crippen molar-refractivity contribution in [3.05, 3.63) is 83.2 Å². The first-order valence-corrected chi connectivity index (χ1v) is 7.36. The van der Waals surface area contributed by atoms with Gasteiger partial charge in [-0.25, -0.2) is 0 Å². The minimum atomic E-state index is 0.892. The molecule has 0 N–H and O–H groups in total. The van der Waals surface area contributed by atoms with E-state index in [1.54, 1.807) is 6.20 Å². The summed E-state index contributed by atoms with van der Waals surface area (Å²) in [6.07, 6.45) is 7.89. The van der Waals surface area contributed by atoms with E-state index in [4.69, 9.17) is 0 Å². The van der Waals surface area contributed by atoms with E-state index in [0.717, 1.165) is 17.0 Å². The topological polar surface area (TPSA) is 25.8 Å². The van der Waals surface area contributed by atoms with Crippen molar-refractivity contribution in [2.75, 3.05) is 0 Å². The van der Waals surface area contributed by atoms with Crippen LogP contribution in [-0.2, 0) is 0 Å². The highest BCUT2D eigenvalue weighted by molar-refractivity contribution is 5.73. The van der Waals surface area contributed by atoms with E-state index in [1.807, 2.05) is 30.5 Å². The molecule has 0 fully saturated rings. The van der Waals surface area contributed by atoms with E-state index in [0.29, 0.717) is 0 Å². The predicted molar refractivity (Wildman–Crippen MR) is 92.3 cm³/mol. The van der Waals surface area contributed by atoms with Gasteiger partial charge in [-0.15, -0.1) is 0 Å². The number of nitrogens with zero attached hydrogens (tertiary/aromatic N) is 2. The standard InChI is InChI=1S/C20H18N2/c1-15-6-5-7-18(16(15)2)10-9-17-11-13-22-20(14-17)19-8-3-4-12-21-19/h3-14H,1-2H3/b10-9-. The second-order valence-corrected chi connectivity index (χ2v) is 5.31. The van der Waals surface area contributed by atoms with Crippen LogP contribution in [0.2, 0.25) is 0 Å². The average Bonchev–Trinajstić information content (AvgIpc) is 2.57. The van der Waals surface area contributed by atoms with Crippen LogP contribution in [0.5, 0.6) is 0 Å². The van der Waals surface area contributed by atoms with Gasteiger partial charge in [0.2, 0.25) is 0 Å². The second-order valence-electron chi connectivity index (χ2n) is 5.31. The van der Waals surface area contributed by atoms with Crippen LogP contribution in [0.25, 0.3) is 23.5 Å². The molecule has 0 unspecified atom stereocenters. The summed E-state index contributed by atoms with van der Waals surface area (Å²) in [6, 6.07) is 16.3. The molecule has 0 atom stereocenters. The fourth-order valence-electron chi connectivity index (χ4n) is 2.35. The van der Waals surface area contributed by atoms with E-state index < -0.39 is 0 Å². The predicted octanol–water partition coefficient (Wildman–Crippen LogP) is 4.93. The molecule has 3 aromatic rings. The molecule has 0 aliphatic heterocycles. The third-order valence-electron chi connectivity index (χ3n) is 3.81. The SMILES string of the molecule is Cc1cccc(/C=C\c2ccnc(-c3ccccn3)c2)c1C. The number of aryl methyl sites for hydroxylation is 1. The zero-order chi connectivity index (χ0) is 15.4. The van der Waals surface area contributed by atoms with E-state index in [-0.39, 0.29) is 0 Å². The third-order valence-corrected chi connectivity index (χ3v) is 3.81. The number of benzene rings is 1. The Labute approximate surface area is 131 Å². The van der Waals surface area contributed by atoms with Crippen molar-refractivity contribution in [1.82, 2.24) is 9.97 Å². The van der Waals surface area contributed by atoms with Crippen LogP contribution < -0.4 is 0 Å². The fraction of sp³-hybridized carbons (Fsp3) is 0.100. The van der Waals surface area contributed by atoms with Crippen molar-refractivity contribution in [1.29, 1.82) is 0 Å². The molecule has 0 spiro atoms. The molecule has 1 aromatic carbocycles. The van der Waals surface area contributed by atoms with E-state index in [9.17, 15) is 0 Å². The molecule has 0 radical (unpaired) electrons. The maximum Gasteiger partial charge on any atom is 0.0892 e. The first-order valence-electron chi connectivity index (χ1n) is 7.36. The van der Waals surface area contributed by atoms with Crippen LogP contribution in [0.1, 0.15) is 22.3 Å². The van der Waals surface area contributed by atoms with Gasteiger partial charge >= 0.3 is 0 Å². The molecule has 0 saturated carbocycles. The van der Waals surface area contributed by atoms with Gasteiger partial charge in [0.1, 0.15) is 0 Å². The Morgan fingerprint density at radius 3 is 2.45 bits per heavy atom. The molecule has 108 valence electrons. The van der Waals surface area contributed by atoms with E-state index in [2.05, 4.69) is 60.2 Å². The third kappa shape index (κ3) is 3.12. The summed E-state index contributed by atoms with van der Waals surface area (Å²) < 4.78 is 0. The molecule has 2 nitrogen and oxygen atoms in total. The Balaban J connectivity index is 1.90. The highest BCUT2D eigenvalue weighted by atomic mass is 14.8. The summed E-state index contributed by atoms with van der Waals surface area (Å²) >= 11 is 0. The molecule has 0 aliphatic rings. The lowest BCUT2D eigenvalue weighted by Crippen LogP contribution is -1.87. The highest BCUT2D eigenvalue weighted by Gasteiger charge is 2.00. The number of pyridine rings is 2. The van der Waals surface area contributed by atoms with Crippen LogP contribution in [0, 0.1) is 13.8 Å². The van der Waals surface area contributed by atoms with Crippen molar-refractivity contribution in [2.24, 2.45) is 0 Å². The van der Waals surface area contributed by atoms with E-state index in [1.165, 1.54) is 16.7 Å². The molecular formula is C20H18N2. The van der Waals surface area contributed by atoms with Crippen LogP contribution in [0.4, 0.5) is 0 Å². The zero-order valence-electron chi connectivity index (χ0n) is 12.8. The zero-order valence-corrected chi connectivity index (χ0v) is 12.8. The summed E-state index contributed by atoms with van der Waals surface area (Å²) in [7, 11) is 0. The molecule has 2 aromatic heterocycles. The van der Waals surface area contributed by atoms with Crippen molar-refractivity contribution in [3.63, 3.8) is 0 Å². The van der Waals surface area contributed by atoms with Gasteiger partial charge in [-0.3, -0.25) is 9.97 Å². The van der Waals surface area contributed by atoms with Crippen molar-refractivity contribution >= 4 is 12.2 Å². The molecule has 3 rings (SSSR count). The summed E-state index contributed by atoms with van der Waals surface area (Å²) in [5, 5.41) is 0. The molecular weight excluding hydrogens is 268 g/mol. The Hall–Kier alpha value is -2.74. The lowest BCUT2D eigenvalue weighted by Gasteiger charge is -2.04. The van der Waals surface area contributed by atoms with Crippen LogP contribution >= 0.6 is 0 Å². The van der Waals surface area contributed by atoms with Crippen LogP contribution in [-0.4, -0.2) is 9.97 Å². The van der Waals surface area contributed by atoms with Gasteiger partial charge in [-0.1, -0.05) is 36.4 Å². The lowest BCUT2D eigenvalue weighted by atomic mass is 10.0. The quantitative estimate of drug-likeness (QED) is 0.682. The largest absolute Gasteiger partial charge is 0.255 e. The van der Waals surface area contributed by atoms with Gasteiger partial charge in [0.15, 0.2) is 0 Å². The number of rotatable bonds is 3. The number of hydrogen-bond donors (Lipinski definition) is 0. The van der Waals surface area contributed by atoms with Crippen molar-refractivity contribution in [3.8, 4) is 11.4 Å². The summed E-state index contributed by atoms with van der Waals surface area (Å²) in [5.74, 6) is 0. The maximum atomic E-state index is 4.40. The summed E-state index contributed by atoms with van der Waals surface area (Å²) in [6.45, 7) is 4.29. The normalized spacial score (nSPS) is 11.0. The lowest BCUT2D eigenvalue weighted by molar-refractivity contribution is 1.24. The highest BCUT2D eigenvalue weighted by Crippen LogP contribution is 2.18. The number of aromatic nitrogens is 2. The van der Waals surface area contributed by atoms with Gasteiger partial charge in [-0.05, 0) is 60.4 Å². The Morgan fingerprint density at radius 1 is 0.773 bits per heavy atom. The molecule has 0 saturated heterocycles. The summed E-state index contributed by atoms with van der Waals surface area (Å²) in [5.41, 5.74) is 6.78. The van der Waals surface area contributed by atoms with Crippen molar-refractivity contribution < 1.29 is 0 Å². The molecule has 0 bridgehead atoms. The first kappa shape index (κ1) is 14.2. The minimum Gasteiger partial charge on any atom is -0.255 e. The Morgan fingerprint density at radius 2 is 1.64 bits per heavy atom. The minimum absolute atomic E-state index is 0.892. The monoisotopic (exact) mass is 286 g/mol. The molecule has 2 heterocycles. The van der Waals surface area contributed by atoms with Gasteiger partial charge in [0, 0.05) is 12.4 Å².